The highest BCUT2D eigenvalue weighted by Gasteiger charge is 2.15. The molecular weight excluding hydrogens is 312 g/mol. The van der Waals surface area contributed by atoms with Gasteiger partial charge in [-0.1, -0.05) is 12.1 Å². The van der Waals surface area contributed by atoms with Gasteiger partial charge in [0.15, 0.2) is 5.78 Å². The number of nitrogens with one attached hydrogen (secondary N) is 2. The molecule has 0 aromatic heterocycles. The fraction of sp³-hybridized carbons (Fsp3) is 0.176. The van der Waals surface area contributed by atoms with Crippen molar-refractivity contribution in [1.29, 1.82) is 0 Å². The minimum absolute atomic E-state index is 0.0865. The Balaban J connectivity index is 2.25. The van der Waals surface area contributed by atoms with Crippen LogP contribution >= 0.6 is 0 Å². The SMILES string of the molecule is COc1ccccc1NC(=O)Nc1cc(C(C)=O)c(O)cc1OC. The van der Waals surface area contributed by atoms with Crippen LogP contribution in [0.1, 0.15) is 17.3 Å². The van der Waals surface area contributed by atoms with Crippen LogP contribution in [0, 0.1) is 0 Å². The van der Waals surface area contributed by atoms with Crippen LogP contribution in [0.4, 0.5) is 16.2 Å². The second-order valence-electron chi connectivity index (χ2n) is 4.91. The van der Waals surface area contributed by atoms with Gasteiger partial charge < -0.3 is 25.2 Å². The van der Waals surface area contributed by atoms with Crippen molar-refractivity contribution in [2.24, 2.45) is 0 Å². The molecule has 2 aromatic rings. The molecule has 7 nitrogen and oxygen atoms in total. The Morgan fingerprint density at radius 2 is 1.58 bits per heavy atom. The number of hydrogen-bond donors (Lipinski definition) is 3. The standard InChI is InChI=1S/C17H18N2O5/c1-10(20)11-8-13(16(24-3)9-14(11)21)19-17(22)18-12-6-4-5-7-15(12)23-2/h4-9,21H,1-3H3,(H2,18,19,22). The molecule has 2 amide bonds. The van der Waals surface area contributed by atoms with E-state index >= 15 is 0 Å². The summed E-state index contributed by atoms with van der Waals surface area (Å²) in [7, 11) is 2.89. The van der Waals surface area contributed by atoms with Crippen molar-refractivity contribution in [3.05, 3.63) is 42.0 Å². The molecule has 0 atom stereocenters. The molecule has 3 N–H and O–H groups in total. The Labute approximate surface area is 139 Å². The predicted molar refractivity (Wildman–Crippen MR) is 90.3 cm³/mol. The first-order valence-corrected chi connectivity index (χ1v) is 7.09. The first kappa shape index (κ1) is 17.1. The summed E-state index contributed by atoms with van der Waals surface area (Å²) in [6, 6.07) is 9.03. The molecule has 0 spiro atoms. The number of ether oxygens (including phenoxy) is 2. The number of methoxy groups -OCH3 is 2. The lowest BCUT2D eigenvalue weighted by Gasteiger charge is -2.14. The van der Waals surface area contributed by atoms with Crippen LogP contribution in [-0.2, 0) is 0 Å². The maximum Gasteiger partial charge on any atom is 0.323 e. The monoisotopic (exact) mass is 330 g/mol. The van der Waals surface area contributed by atoms with Crippen molar-refractivity contribution in [3.8, 4) is 17.2 Å². The number of para-hydroxylation sites is 2. The molecule has 0 unspecified atom stereocenters. The highest BCUT2D eigenvalue weighted by Crippen LogP contribution is 2.33. The van der Waals surface area contributed by atoms with Crippen LogP contribution < -0.4 is 20.1 Å². The molecular formula is C17H18N2O5. The van der Waals surface area contributed by atoms with Crippen LogP contribution in [0.2, 0.25) is 0 Å². The fourth-order valence-corrected chi connectivity index (χ4v) is 2.14. The lowest BCUT2D eigenvalue weighted by atomic mass is 10.1. The quantitative estimate of drug-likeness (QED) is 0.577. The number of carbonyl (C=O) groups excluding carboxylic acids is 2. The van der Waals surface area contributed by atoms with E-state index in [1.165, 1.54) is 33.3 Å². The van der Waals surface area contributed by atoms with Crippen molar-refractivity contribution in [1.82, 2.24) is 0 Å². The molecule has 0 fully saturated rings. The zero-order valence-corrected chi connectivity index (χ0v) is 13.5. The van der Waals surface area contributed by atoms with Crippen LogP contribution in [0.3, 0.4) is 0 Å². The number of urea groups is 1. The van der Waals surface area contributed by atoms with Crippen molar-refractivity contribution in [2.45, 2.75) is 6.92 Å². The van der Waals surface area contributed by atoms with Gasteiger partial charge in [0.25, 0.3) is 0 Å². The number of phenolic OH excluding ortho intramolecular Hbond substituents is 1. The number of Topliss-reactive ketones (excluding diaryl/α,β-unsaturated/α-hetero) is 1. The minimum Gasteiger partial charge on any atom is -0.507 e. The fourth-order valence-electron chi connectivity index (χ4n) is 2.14. The molecule has 0 saturated heterocycles. The molecule has 0 aliphatic rings. The summed E-state index contributed by atoms with van der Waals surface area (Å²) >= 11 is 0. The van der Waals surface area contributed by atoms with E-state index < -0.39 is 6.03 Å². The minimum atomic E-state index is -0.544. The third-order valence-electron chi connectivity index (χ3n) is 3.30. The van der Waals surface area contributed by atoms with Gasteiger partial charge in [0.05, 0.1) is 31.2 Å². The number of anilines is 2. The third-order valence-corrected chi connectivity index (χ3v) is 3.30. The summed E-state index contributed by atoms with van der Waals surface area (Å²) in [6.07, 6.45) is 0. The predicted octanol–water partition coefficient (Wildman–Crippen LogP) is 3.26. The third kappa shape index (κ3) is 3.75. The molecule has 0 bridgehead atoms. The summed E-state index contributed by atoms with van der Waals surface area (Å²) in [5, 5.41) is 15.0. The highest BCUT2D eigenvalue weighted by atomic mass is 16.5. The van der Waals surface area contributed by atoms with Crippen LogP contribution in [-0.4, -0.2) is 31.1 Å². The number of aromatic hydroxyl groups is 1. The van der Waals surface area contributed by atoms with Crippen molar-refractivity contribution in [3.63, 3.8) is 0 Å². The van der Waals surface area contributed by atoms with E-state index in [9.17, 15) is 14.7 Å². The molecule has 0 aliphatic carbocycles. The van der Waals surface area contributed by atoms with Gasteiger partial charge in [-0.2, -0.15) is 0 Å². The van der Waals surface area contributed by atoms with Crippen molar-refractivity contribution >= 4 is 23.2 Å². The van der Waals surface area contributed by atoms with Crippen LogP contribution in [0.5, 0.6) is 17.2 Å². The van der Waals surface area contributed by atoms with E-state index in [0.717, 1.165) is 0 Å². The summed E-state index contributed by atoms with van der Waals surface area (Å²) in [5.74, 6) is 0.195. The van der Waals surface area contributed by atoms with Crippen molar-refractivity contribution < 1.29 is 24.2 Å². The van der Waals surface area contributed by atoms with E-state index in [1.807, 2.05) is 0 Å². The highest BCUT2D eigenvalue weighted by molar-refractivity contribution is 6.04. The molecule has 2 aromatic carbocycles. The summed E-state index contributed by atoms with van der Waals surface area (Å²) < 4.78 is 10.3. The zero-order valence-electron chi connectivity index (χ0n) is 13.5. The van der Waals surface area contributed by atoms with Gasteiger partial charge in [-0.05, 0) is 25.1 Å². The second kappa shape index (κ2) is 7.36. The van der Waals surface area contributed by atoms with Gasteiger partial charge in [0.2, 0.25) is 0 Å². The van der Waals surface area contributed by atoms with Gasteiger partial charge in [-0.3, -0.25) is 4.79 Å². The Kier molecular flexibility index (Phi) is 5.26. The molecule has 7 heteroatoms. The number of benzene rings is 2. The molecule has 0 aliphatic heterocycles. The average Bonchev–Trinajstić information content (AvgIpc) is 2.56. The summed E-state index contributed by atoms with van der Waals surface area (Å²) in [6.45, 7) is 1.32. The Bertz CT molecular complexity index is 774. The van der Waals surface area contributed by atoms with Crippen molar-refractivity contribution in [2.75, 3.05) is 24.9 Å². The number of phenols is 1. The lowest BCUT2D eigenvalue weighted by Crippen LogP contribution is -2.20. The molecule has 126 valence electrons. The number of hydrogen-bond acceptors (Lipinski definition) is 5. The molecule has 0 heterocycles. The summed E-state index contributed by atoms with van der Waals surface area (Å²) in [4.78, 5) is 23.7. The maximum absolute atomic E-state index is 12.2. The van der Waals surface area contributed by atoms with Crippen LogP contribution in [0.15, 0.2) is 36.4 Å². The largest absolute Gasteiger partial charge is 0.507 e. The first-order valence-electron chi connectivity index (χ1n) is 7.09. The van der Waals surface area contributed by atoms with E-state index in [4.69, 9.17) is 9.47 Å². The smallest absolute Gasteiger partial charge is 0.323 e. The number of rotatable bonds is 5. The van der Waals surface area contributed by atoms with E-state index in [0.29, 0.717) is 11.4 Å². The topological polar surface area (TPSA) is 96.9 Å². The van der Waals surface area contributed by atoms with E-state index in [1.54, 1.807) is 24.3 Å². The Morgan fingerprint density at radius 3 is 2.21 bits per heavy atom. The lowest BCUT2D eigenvalue weighted by molar-refractivity contribution is 0.101. The Morgan fingerprint density at radius 1 is 0.958 bits per heavy atom. The normalized spacial score (nSPS) is 9.96. The molecule has 0 radical (unpaired) electrons. The maximum atomic E-state index is 12.2. The number of amides is 2. The zero-order chi connectivity index (χ0) is 17.7. The van der Waals surface area contributed by atoms with E-state index in [2.05, 4.69) is 10.6 Å². The molecule has 2 rings (SSSR count). The Hall–Kier alpha value is -3.22. The average molecular weight is 330 g/mol. The van der Waals surface area contributed by atoms with E-state index in [-0.39, 0.29) is 28.5 Å². The molecule has 0 saturated carbocycles. The number of carbonyl (C=O) groups is 2. The van der Waals surface area contributed by atoms with Gasteiger partial charge in [0, 0.05) is 6.07 Å². The van der Waals surface area contributed by atoms with Gasteiger partial charge in [-0.25, -0.2) is 4.79 Å². The molecule has 24 heavy (non-hydrogen) atoms. The van der Waals surface area contributed by atoms with Gasteiger partial charge in [0.1, 0.15) is 17.2 Å². The van der Waals surface area contributed by atoms with Crippen LogP contribution in [0.25, 0.3) is 0 Å². The first-order chi connectivity index (χ1) is 11.5. The second-order valence-corrected chi connectivity index (χ2v) is 4.91. The number of ketones is 1. The van der Waals surface area contributed by atoms with Gasteiger partial charge >= 0.3 is 6.03 Å². The summed E-state index contributed by atoms with van der Waals surface area (Å²) in [5.41, 5.74) is 0.832. The van der Waals surface area contributed by atoms with Gasteiger partial charge in [-0.15, -0.1) is 0 Å².